The van der Waals surface area contributed by atoms with E-state index in [1.807, 2.05) is 13.0 Å². The Bertz CT molecular complexity index is 589. The van der Waals surface area contributed by atoms with Crippen molar-refractivity contribution in [2.24, 2.45) is 0 Å². The second-order valence-corrected chi connectivity index (χ2v) is 8.33. The number of aliphatic carboxylic acids is 1. The molecule has 0 bridgehead atoms. The minimum absolute atomic E-state index is 0.188. The molecule has 0 aromatic rings. The van der Waals surface area contributed by atoms with Gasteiger partial charge in [0.1, 0.15) is 0 Å². The molecular formula is C19H31O5P. The van der Waals surface area contributed by atoms with Gasteiger partial charge in [-0.3, -0.25) is 9.36 Å². The standard InChI is InChI=1S/C19H31O5P/c1-15(2)9-7-11-17(4)13-8-12-16(3)10-5-6-14-18(19(20)21)25(22,23)24/h5-6,9-10,13,18H,7-8,11-12,14H2,1-4H3,(H,20,21)(H2,22,23,24). The van der Waals surface area contributed by atoms with Crippen LogP contribution >= 0.6 is 7.60 Å². The Morgan fingerprint density at radius 3 is 2.08 bits per heavy atom. The molecule has 142 valence electrons. The highest BCUT2D eigenvalue weighted by Gasteiger charge is 2.34. The number of carboxylic acid groups (broad SMARTS) is 1. The molecule has 25 heavy (non-hydrogen) atoms. The molecule has 0 heterocycles. The number of hydrogen-bond donors (Lipinski definition) is 3. The minimum atomic E-state index is -4.62. The highest BCUT2D eigenvalue weighted by atomic mass is 31.2. The zero-order valence-electron chi connectivity index (χ0n) is 15.6. The first-order chi connectivity index (χ1) is 11.5. The second kappa shape index (κ2) is 12.0. The van der Waals surface area contributed by atoms with Crippen LogP contribution in [0.5, 0.6) is 0 Å². The summed E-state index contributed by atoms with van der Waals surface area (Å²) in [4.78, 5) is 28.8. The molecule has 0 aromatic heterocycles. The number of rotatable bonds is 11. The van der Waals surface area contributed by atoms with E-state index < -0.39 is 19.2 Å². The van der Waals surface area contributed by atoms with Crippen LogP contribution in [0.25, 0.3) is 0 Å². The zero-order chi connectivity index (χ0) is 19.5. The first-order valence-corrected chi connectivity index (χ1v) is 10.1. The van der Waals surface area contributed by atoms with Crippen LogP contribution in [-0.2, 0) is 9.36 Å². The molecule has 0 aromatic carbocycles. The third-order valence-corrected chi connectivity index (χ3v) is 4.93. The third-order valence-electron chi connectivity index (χ3n) is 3.69. The van der Waals surface area contributed by atoms with Crippen LogP contribution in [0.1, 0.15) is 59.8 Å². The van der Waals surface area contributed by atoms with Crippen LogP contribution in [0.2, 0.25) is 0 Å². The van der Waals surface area contributed by atoms with Gasteiger partial charge in [0.15, 0.2) is 5.66 Å². The van der Waals surface area contributed by atoms with Crippen molar-refractivity contribution in [1.29, 1.82) is 0 Å². The van der Waals surface area contributed by atoms with Gasteiger partial charge in [0.25, 0.3) is 0 Å². The van der Waals surface area contributed by atoms with Crippen molar-refractivity contribution in [1.82, 2.24) is 0 Å². The van der Waals surface area contributed by atoms with Crippen molar-refractivity contribution in [3.8, 4) is 0 Å². The van der Waals surface area contributed by atoms with E-state index in [9.17, 15) is 9.36 Å². The summed E-state index contributed by atoms with van der Waals surface area (Å²) < 4.78 is 11.1. The fourth-order valence-electron chi connectivity index (χ4n) is 2.14. The normalized spacial score (nSPS) is 14.6. The Kier molecular flexibility index (Phi) is 11.3. The summed E-state index contributed by atoms with van der Waals surface area (Å²) in [7, 11) is -4.62. The van der Waals surface area contributed by atoms with Crippen LogP contribution in [0.15, 0.2) is 47.1 Å². The average Bonchev–Trinajstić information content (AvgIpc) is 2.44. The van der Waals surface area contributed by atoms with Crippen molar-refractivity contribution < 1.29 is 24.3 Å². The van der Waals surface area contributed by atoms with E-state index in [1.54, 1.807) is 6.08 Å². The van der Waals surface area contributed by atoms with Gasteiger partial charge in [-0.1, -0.05) is 47.1 Å². The molecule has 0 aliphatic rings. The summed E-state index contributed by atoms with van der Waals surface area (Å²) in [6.45, 7) is 8.30. The number of allylic oxidation sites excluding steroid dienone is 8. The predicted molar refractivity (Wildman–Crippen MR) is 103 cm³/mol. The first-order valence-electron chi connectivity index (χ1n) is 8.43. The monoisotopic (exact) mass is 370 g/mol. The Balaban J connectivity index is 4.35. The molecule has 0 aliphatic carbocycles. The fourth-order valence-corrected chi connectivity index (χ4v) is 2.83. The van der Waals surface area contributed by atoms with Crippen LogP contribution in [0.4, 0.5) is 0 Å². The number of hydrogen-bond acceptors (Lipinski definition) is 2. The summed E-state index contributed by atoms with van der Waals surface area (Å²) in [6, 6.07) is 0. The molecule has 0 aliphatic heterocycles. The van der Waals surface area contributed by atoms with Crippen molar-refractivity contribution >= 4 is 13.6 Å². The second-order valence-electron chi connectivity index (χ2n) is 6.53. The smallest absolute Gasteiger partial charge is 0.340 e. The van der Waals surface area contributed by atoms with Gasteiger partial charge < -0.3 is 14.9 Å². The van der Waals surface area contributed by atoms with Gasteiger partial charge in [0.05, 0.1) is 0 Å². The molecule has 1 unspecified atom stereocenters. The highest BCUT2D eigenvalue weighted by Crippen LogP contribution is 2.43. The summed E-state index contributed by atoms with van der Waals surface area (Å²) >= 11 is 0. The van der Waals surface area contributed by atoms with E-state index in [2.05, 4.69) is 32.9 Å². The van der Waals surface area contributed by atoms with Gasteiger partial charge in [-0.2, -0.15) is 0 Å². The Labute approximate surface area is 151 Å². The van der Waals surface area contributed by atoms with E-state index in [0.717, 1.165) is 31.3 Å². The van der Waals surface area contributed by atoms with Crippen molar-refractivity contribution in [3.63, 3.8) is 0 Å². The fraction of sp³-hybridized carbons (Fsp3) is 0.526. The molecule has 6 heteroatoms. The SMILES string of the molecule is CC(C)=CCCC(C)=CCCC(C)=CC=CCC(C(=O)O)P(=O)(O)O. The summed E-state index contributed by atoms with van der Waals surface area (Å²) in [5.41, 5.74) is 2.16. The van der Waals surface area contributed by atoms with Gasteiger partial charge in [0, 0.05) is 0 Å². The zero-order valence-corrected chi connectivity index (χ0v) is 16.5. The third kappa shape index (κ3) is 12.6. The largest absolute Gasteiger partial charge is 0.481 e. The Hall–Kier alpha value is -1.42. The van der Waals surface area contributed by atoms with E-state index in [1.165, 1.54) is 17.2 Å². The van der Waals surface area contributed by atoms with Crippen LogP contribution in [0.3, 0.4) is 0 Å². The molecule has 5 nitrogen and oxygen atoms in total. The van der Waals surface area contributed by atoms with E-state index in [0.29, 0.717) is 0 Å². The Morgan fingerprint density at radius 2 is 1.56 bits per heavy atom. The number of carboxylic acids is 1. The van der Waals surface area contributed by atoms with Crippen molar-refractivity contribution in [2.75, 3.05) is 0 Å². The molecule has 0 saturated heterocycles. The first kappa shape index (κ1) is 23.6. The topological polar surface area (TPSA) is 94.8 Å². The molecule has 0 fully saturated rings. The lowest BCUT2D eigenvalue weighted by Gasteiger charge is -2.11. The van der Waals surface area contributed by atoms with Gasteiger partial charge in [0.2, 0.25) is 0 Å². The van der Waals surface area contributed by atoms with Gasteiger partial charge in [-0.05, 0) is 59.8 Å². The molecule has 0 spiro atoms. The van der Waals surface area contributed by atoms with Gasteiger partial charge in [-0.15, -0.1) is 0 Å². The van der Waals surface area contributed by atoms with Gasteiger partial charge in [-0.25, -0.2) is 0 Å². The molecule has 3 N–H and O–H groups in total. The van der Waals surface area contributed by atoms with E-state index in [-0.39, 0.29) is 6.42 Å². The van der Waals surface area contributed by atoms with Crippen LogP contribution in [-0.4, -0.2) is 26.5 Å². The summed E-state index contributed by atoms with van der Waals surface area (Å²) in [5.74, 6) is -1.48. The predicted octanol–water partition coefficient (Wildman–Crippen LogP) is 4.98. The van der Waals surface area contributed by atoms with Crippen LogP contribution in [0, 0.1) is 0 Å². The number of carbonyl (C=O) groups is 1. The maximum atomic E-state index is 11.1. The molecule has 0 saturated carbocycles. The molecule has 1 atom stereocenters. The van der Waals surface area contributed by atoms with Gasteiger partial charge >= 0.3 is 13.6 Å². The quantitative estimate of drug-likeness (QED) is 0.271. The lowest BCUT2D eigenvalue weighted by Crippen LogP contribution is -2.19. The van der Waals surface area contributed by atoms with Crippen molar-refractivity contribution in [3.05, 3.63) is 47.1 Å². The lowest BCUT2D eigenvalue weighted by molar-refractivity contribution is -0.136. The molecule has 0 amide bonds. The summed E-state index contributed by atoms with van der Waals surface area (Å²) in [5, 5.41) is 8.83. The van der Waals surface area contributed by atoms with E-state index >= 15 is 0 Å². The Morgan fingerprint density at radius 1 is 1.00 bits per heavy atom. The molecule has 0 radical (unpaired) electrons. The highest BCUT2D eigenvalue weighted by molar-refractivity contribution is 7.53. The molecule has 0 rings (SSSR count). The maximum Gasteiger partial charge on any atom is 0.340 e. The van der Waals surface area contributed by atoms with Crippen molar-refractivity contribution in [2.45, 2.75) is 65.5 Å². The summed E-state index contributed by atoms with van der Waals surface area (Å²) in [6.07, 6.45) is 13.2. The lowest BCUT2D eigenvalue weighted by atomic mass is 10.1. The molecular weight excluding hydrogens is 339 g/mol. The van der Waals surface area contributed by atoms with Crippen LogP contribution < -0.4 is 0 Å². The van der Waals surface area contributed by atoms with E-state index in [4.69, 9.17) is 14.9 Å². The minimum Gasteiger partial charge on any atom is -0.481 e. The maximum absolute atomic E-state index is 11.1. The average molecular weight is 370 g/mol.